The van der Waals surface area contributed by atoms with Gasteiger partial charge in [0.2, 0.25) is 5.91 Å². The molecule has 0 saturated heterocycles. The smallest absolute Gasteiger partial charge is 0.238 e. The molecule has 17 heavy (non-hydrogen) atoms. The number of hydrogen-bond acceptors (Lipinski definition) is 3. The van der Waals surface area contributed by atoms with Gasteiger partial charge in [0.1, 0.15) is 0 Å². The molecule has 0 aromatic heterocycles. The second-order valence-corrected chi connectivity index (χ2v) is 5.84. The Bertz CT molecular complexity index is 373. The van der Waals surface area contributed by atoms with E-state index in [2.05, 4.69) is 39.7 Å². The monoisotopic (exact) mass is 316 g/mol. The molecule has 0 heterocycles. The maximum Gasteiger partial charge on any atom is 0.238 e. The van der Waals surface area contributed by atoms with Crippen LogP contribution in [0.2, 0.25) is 0 Å². The van der Waals surface area contributed by atoms with Crippen LogP contribution in [-0.4, -0.2) is 30.5 Å². The van der Waals surface area contributed by atoms with Gasteiger partial charge in [0, 0.05) is 16.3 Å². The van der Waals surface area contributed by atoms with Gasteiger partial charge in [0.25, 0.3) is 0 Å². The van der Waals surface area contributed by atoms with Crippen molar-refractivity contribution in [3.8, 4) is 0 Å². The highest BCUT2D eigenvalue weighted by Crippen LogP contribution is 2.20. The summed E-state index contributed by atoms with van der Waals surface area (Å²) >= 11 is 5.17. The summed E-state index contributed by atoms with van der Waals surface area (Å²) in [5.74, 6) is -0.0230. The zero-order valence-corrected chi connectivity index (χ0v) is 12.4. The van der Waals surface area contributed by atoms with E-state index in [1.807, 2.05) is 24.3 Å². The van der Waals surface area contributed by atoms with Crippen LogP contribution in [0.15, 0.2) is 28.7 Å². The minimum atomic E-state index is -0.0230. The number of thioether (sulfide) groups is 1. The van der Waals surface area contributed by atoms with Gasteiger partial charge in [-0.25, -0.2) is 0 Å². The Morgan fingerprint density at radius 2 is 2.18 bits per heavy atom. The van der Waals surface area contributed by atoms with Crippen molar-refractivity contribution in [3.63, 3.8) is 0 Å². The highest BCUT2D eigenvalue weighted by molar-refractivity contribution is 9.10. The molecular weight excluding hydrogens is 300 g/mol. The molecule has 0 bridgehead atoms. The molecule has 2 N–H and O–H groups in total. The molecule has 5 heteroatoms. The number of rotatable bonds is 6. The van der Waals surface area contributed by atoms with Gasteiger partial charge in [-0.15, -0.1) is 0 Å². The van der Waals surface area contributed by atoms with E-state index >= 15 is 0 Å². The van der Waals surface area contributed by atoms with Crippen LogP contribution in [0, 0.1) is 0 Å². The van der Waals surface area contributed by atoms with Gasteiger partial charge in [0.05, 0.1) is 12.2 Å². The average Bonchev–Trinajstić information content (AvgIpc) is 2.32. The average molecular weight is 317 g/mol. The lowest BCUT2D eigenvalue weighted by Gasteiger charge is -2.10. The number of nitrogens with one attached hydrogen (secondary N) is 2. The molecule has 1 atom stereocenters. The van der Waals surface area contributed by atoms with E-state index in [1.165, 1.54) is 0 Å². The summed E-state index contributed by atoms with van der Waals surface area (Å²) < 4.78 is 0.894. The van der Waals surface area contributed by atoms with E-state index in [9.17, 15) is 4.79 Å². The van der Waals surface area contributed by atoms with E-state index in [4.69, 9.17) is 0 Å². The summed E-state index contributed by atoms with van der Waals surface area (Å²) in [6.07, 6.45) is 2.06. The Hall–Kier alpha value is -0.520. The predicted octanol–water partition coefficient (Wildman–Crippen LogP) is 2.73. The van der Waals surface area contributed by atoms with E-state index in [0.717, 1.165) is 16.7 Å². The Morgan fingerprint density at radius 3 is 2.82 bits per heavy atom. The van der Waals surface area contributed by atoms with Gasteiger partial charge >= 0.3 is 0 Å². The maximum absolute atomic E-state index is 11.6. The third-order valence-corrected chi connectivity index (χ3v) is 3.93. The fraction of sp³-hybridized carbons (Fsp3) is 0.417. The normalized spacial score (nSPS) is 12.2. The quantitative estimate of drug-likeness (QED) is 0.848. The lowest BCUT2D eigenvalue weighted by molar-refractivity contribution is -0.115. The van der Waals surface area contributed by atoms with Crippen molar-refractivity contribution in [1.82, 2.24) is 5.32 Å². The number of carbonyl (C=O) groups excluding carboxylic acids is 1. The Balaban J connectivity index is 2.33. The van der Waals surface area contributed by atoms with Crippen LogP contribution in [0.3, 0.4) is 0 Å². The van der Waals surface area contributed by atoms with Crippen molar-refractivity contribution < 1.29 is 4.79 Å². The zero-order chi connectivity index (χ0) is 12.7. The van der Waals surface area contributed by atoms with Crippen LogP contribution in [0.4, 0.5) is 5.69 Å². The Kier molecular flexibility index (Phi) is 6.62. The molecule has 1 rings (SSSR count). The van der Waals surface area contributed by atoms with Crippen molar-refractivity contribution in [2.24, 2.45) is 0 Å². The first-order valence-corrected chi connectivity index (χ1v) is 7.49. The fourth-order valence-corrected chi connectivity index (χ4v) is 1.90. The minimum absolute atomic E-state index is 0.0230. The van der Waals surface area contributed by atoms with Gasteiger partial charge in [-0.3, -0.25) is 4.79 Å². The summed E-state index contributed by atoms with van der Waals surface area (Å²) in [5, 5.41) is 6.49. The number of hydrogen-bond donors (Lipinski definition) is 2. The summed E-state index contributed by atoms with van der Waals surface area (Å²) in [5.41, 5.74) is 0.803. The number of para-hydroxylation sites is 1. The first kappa shape index (κ1) is 14.5. The number of carbonyl (C=O) groups is 1. The summed E-state index contributed by atoms with van der Waals surface area (Å²) in [4.78, 5) is 11.6. The largest absolute Gasteiger partial charge is 0.324 e. The van der Waals surface area contributed by atoms with Crippen LogP contribution < -0.4 is 10.6 Å². The first-order valence-electron chi connectivity index (χ1n) is 5.41. The van der Waals surface area contributed by atoms with E-state index in [0.29, 0.717) is 11.8 Å². The van der Waals surface area contributed by atoms with Gasteiger partial charge in [-0.1, -0.05) is 19.1 Å². The van der Waals surface area contributed by atoms with E-state index < -0.39 is 0 Å². The third kappa shape index (κ3) is 5.57. The van der Waals surface area contributed by atoms with Gasteiger partial charge in [-0.05, 0) is 34.3 Å². The van der Waals surface area contributed by atoms with Gasteiger partial charge in [-0.2, -0.15) is 11.8 Å². The molecule has 0 radical (unpaired) electrons. The molecule has 94 valence electrons. The predicted molar refractivity (Wildman–Crippen MR) is 78.6 cm³/mol. The van der Waals surface area contributed by atoms with E-state index in [1.54, 1.807) is 11.8 Å². The molecule has 3 nitrogen and oxygen atoms in total. The maximum atomic E-state index is 11.6. The van der Waals surface area contributed by atoms with Crippen LogP contribution in [0.25, 0.3) is 0 Å². The highest BCUT2D eigenvalue weighted by atomic mass is 79.9. The third-order valence-electron chi connectivity index (χ3n) is 2.27. The standard InChI is InChI=1S/C12H17BrN2OS/c1-9(17-2)7-14-8-12(16)15-11-6-4-3-5-10(11)13/h3-6,9,14H,7-8H2,1-2H3,(H,15,16). The fourth-order valence-electron chi connectivity index (χ4n) is 1.23. The number of anilines is 1. The number of benzene rings is 1. The van der Waals surface area contributed by atoms with E-state index in [-0.39, 0.29) is 5.91 Å². The van der Waals surface area contributed by atoms with Crippen LogP contribution >= 0.6 is 27.7 Å². The van der Waals surface area contributed by atoms with Crippen molar-refractivity contribution in [2.45, 2.75) is 12.2 Å². The summed E-state index contributed by atoms with van der Waals surface area (Å²) in [7, 11) is 0. The Morgan fingerprint density at radius 1 is 1.47 bits per heavy atom. The molecule has 0 aliphatic carbocycles. The van der Waals surface area contributed by atoms with Gasteiger partial charge in [0.15, 0.2) is 0 Å². The zero-order valence-electron chi connectivity index (χ0n) is 10.00. The Labute approximate surface area is 115 Å². The van der Waals surface area contributed by atoms with Crippen LogP contribution in [0.5, 0.6) is 0 Å². The topological polar surface area (TPSA) is 41.1 Å². The summed E-state index contributed by atoms with van der Waals surface area (Å²) in [6, 6.07) is 7.58. The molecule has 0 spiro atoms. The van der Waals surface area contributed by atoms with Crippen LogP contribution in [0.1, 0.15) is 6.92 Å². The molecule has 0 fully saturated rings. The molecule has 1 amide bonds. The highest BCUT2D eigenvalue weighted by Gasteiger charge is 2.05. The lowest BCUT2D eigenvalue weighted by atomic mass is 10.3. The van der Waals surface area contributed by atoms with Crippen molar-refractivity contribution >= 4 is 39.3 Å². The van der Waals surface area contributed by atoms with Crippen molar-refractivity contribution in [1.29, 1.82) is 0 Å². The molecule has 1 aromatic rings. The second kappa shape index (κ2) is 7.74. The van der Waals surface area contributed by atoms with Crippen molar-refractivity contribution in [3.05, 3.63) is 28.7 Å². The number of amides is 1. The summed E-state index contributed by atoms with van der Waals surface area (Å²) in [6.45, 7) is 3.31. The lowest BCUT2D eigenvalue weighted by Crippen LogP contribution is -2.31. The molecule has 0 aliphatic rings. The molecule has 1 unspecified atom stereocenters. The SMILES string of the molecule is CSC(C)CNCC(=O)Nc1ccccc1Br. The minimum Gasteiger partial charge on any atom is -0.324 e. The molecule has 0 aliphatic heterocycles. The number of halogens is 1. The molecule has 0 saturated carbocycles. The molecular formula is C12H17BrN2OS. The van der Waals surface area contributed by atoms with Crippen molar-refractivity contribution in [2.75, 3.05) is 24.7 Å². The molecule has 1 aromatic carbocycles. The first-order chi connectivity index (χ1) is 8.13. The van der Waals surface area contributed by atoms with Crippen LogP contribution in [-0.2, 0) is 4.79 Å². The van der Waals surface area contributed by atoms with Gasteiger partial charge < -0.3 is 10.6 Å². The second-order valence-electron chi connectivity index (χ2n) is 3.71.